The molecule has 7 heteroatoms. The highest BCUT2D eigenvalue weighted by molar-refractivity contribution is 5.14. The molecule has 0 unspecified atom stereocenters. The third-order valence-electron chi connectivity index (χ3n) is 2.90. The van der Waals surface area contributed by atoms with Crippen LogP contribution < -0.4 is 5.32 Å². The Morgan fingerprint density at radius 3 is 2.62 bits per heavy atom. The van der Waals surface area contributed by atoms with Crippen molar-refractivity contribution in [2.45, 2.75) is 32.6 Å². The Morgan fingerprint density at radius 2 is 2.05 bits per heavy atom. The molecule has 2 rings (SSSR count). The molecule has 114 valence electrons. The maximum absolute atomic E-state index is 12.4. The molecule has 0 spiro atoms. The zero-order chi connectivity index (χ0) is 15.3. The molecular weight excluding hydrogens is 281 g/mol. The van der Waals surface area contributed by atoms with Crippen molar-refractivity contribution in [1.82, 2.24) is 20.1 Å². The fourth-order valence-electron chi connectivity index (χ4n) is 1.83. The number of aromatic nitrogens is 3. The number of nitrogens with one attached hydrogen (secondary N) is 1. The van der Waals surface area contributed by atoms with E-state index in [0.717, 1.165) is 31.1 Å². The minimum absolute atomic E-state index is 0.221. The van der Waals surface area contributed by atoms with Gasteiger partial charge < -0.3 is 5.32 Å². The van der Waals surface area contributed by atoms with Gasteiger partial charge in [0.2, 0.25) is 0 Å². The molecule has 0 saturated heterocycles. The third-order valence-corrected chi connectivity index (χ3v) is 2.90. The predicted octanol–water partition coefficient (Wildman–Crippen LogP) is 2.84. The molecule has 2 heterocycles. The van der Waals surface area contributed by atoms with Crippen LogP contribution in [0.1, 0.15) is 30.3 Å². The van der Waals surface area contributed by atoms with Gasteiger partial charge in [0.25, 0.3) is 0 Å². The Hall–Kier alpha value is -1.89. The van der Waals surface area contributed by atoms with Crippen LogP contribution in [0.15, 0.2) is 30.6 Å². The summed E-state index contributed by atoms with van der Waals surface area (Å²) in [6.07, 6.45) is -0.312. The monoisotopic (exact) mass is 298 g/mol. The van der Waals surface area contributed by atoms with Gasteiger partial charge in [-0.3, -0.25) is 9.67 Å². The van der Waals surface area contributed by atoms with Gasteiger partial charge >= 0.3 is 6.18 Å². The zero-order valence-electron chi connectivity index (χ0n) is 11.7. The van der Waals surface area contributed by atoms with Crippen LogP contribution in [0.3, 0.4) is 0 Å². The van der Waals surface area contributed by atoms with E-state index in [2.05, 4.69) is 22.3 Å². The van der Waals surface area contributed by atoms with E-state index in [1.807, 2.05) is 6.07 Å². The fourth-order valence-corrected chi connectivity index (χ4v) is 1.83. The largest absolute Gasteiger partial charge is 0.435 e. The lowest BCUT2D eigenvalue weighted by Crippen LogP contribution is -2.14. The number of alkyl halides is 3. The van der Waals surface area contributed by atoms with Crippen molar-refractivity contribution in [2.75, 3.05) is 6.54 Å². The van der Waals surface area contributed by atoms with E-state index in [-0.39, 0.29) is 6.54 Å². The van der Waals surface area contributed by atoms with Crippen LogP contribution in [0.25, 0.3) is 0 Å². The quantitative estimate of drug-likeness (QED) is 0.834. The van der Waals surface area contributed by atoms with Gasteiger partial charge in [-0.2, -0.15) is 18.3 Å². The maximum atomic E-state index is 12.4. The van der Waals surface area contributed by atoms with E-state index in [1.54, 1.807) is 12.3 Å². The number of rotatable bonds is 6. The summed E-state index contributed by atoms with van der Waals surface area (Å²) in [7, 11) is 0. The summed E-state index contributed by atoms with van der Waals surface area (Å²) >= 11 is 0. The normalized spacial score (nSPS) is 11.8. The average Bonchev–Trinajstić information content (AvgIpc) is 2.90. The molecule has 0 aliphatic rings. The van der Waals surface area contributed by atoms with Crippen LogP contribution in [-0.4, -0.2) is 21.3 Å². The SMILES string of the molecule is CCCNCc1ccc(Cn2ccc(C(F)(F)F)n2)nc1. The Morgan fingerprint density at radius 1 is 1.24 bits per heavy atom. The Bertz CT molecular complexity index is 560. The van der Waals surface area contributed by atoms with Gasteiger partial charge in [-0.1, -0.05) is 13.0 Å². The highest BCUT2D eigenvalue weighted by Gasteiger charge is 2.33. The number of halogens is 3. The molecule has 0 atom stereocenters. The third kappa shape index (κ3) is 4.56. The molecule has 0 fully saturated rings. The van der Waals surface area contributed by atoms with Crippen LogP contribution in [0, 0.1) is 0 Å². The van der Waals surface area contributed by atoms with E-state index >= 15 is 0 Å². The molecule has 4 nitrogen and oxygen atoms in total. The van der Waals surface area contributed by atoms with Gasteiger partial charge in [0.05, 0.1) is 12.2 Å². The van der Waals surface area contributed by atoms with Gasteiger partial charge in [0.15, 0.2) is 5.69 Å². The van der Waals surface area contributed by atoms with Crippen molar-refractivity contribution in [3.8, 4) is 0 Å². The first-order chi connectivity index (χ1) is 9.99. The maximum Gasteiger partial charge on any atom is 0.435 e. The first-order valence-corrected chi connectivity index (χ1v) is 6.74. The van der Waals surface area contributed by atoms with Crippen molar-refractivity contribution in [2.24, 2.45) is 0 Å². The second-order valence-electron chi connectivity index (χ2n) is 4.73. The second kappa shape index (κ2) is 6.71. The zero-order valence-corrected chi connectivity index (χ0v) is 11.7. The lowest BCUT2D eigenvalue weighted by molar-refractivity contribution is -0.141. The molecule has 0 amide bonds. The molecule has 21 heavy (non-hydrogen) atoms. The van der Waals surface area contributed by atoms with Gasteiger partial charge in [0.1, 0.15) is 0 Å². The number of pyridine rings is 1. The highest BCUT2D eigenvalue weighted by atomic mass is 19.4. The first-order valence-electron chi connectivity index (χ1n) is 6.74. The molecule has 0 saturated carbocycles. The Kier molecular flexibility index (Phi) is 4.95. The smallest absolute Gasteiger partial charge is 0.313 e. The van der Waals surface area contributed by atoms with Gasteiger partial charge in [-0.15, -0.1) is 0 Å². The molecular formula is C14H17F3N4. The molecule has 0 aliphatic carbocycles. The highest BCUT2D eigenvalue weighted by Crippen LogP contribution is 2.27. The molecule has 0 radical (unpaired) electrons. The predicted molar refractivity (Wildman–Crippen MR) is 72.6 cm³/mol. The standard InChI is InChI=1S/C14H17F3N4/c1-2-6-18-8-11-3-4-12(19-9-11)10-21-7-5-13(20-21)14(15,16)17/h3-5,7,9,18H,2,6,8,10H2,1H3. The number of hydrogen-bond acceptors (Lipinski definition) is 3. The minimum atomic E-state index is -4.41. The van der Waals surface area contributed by atoms with E-state index < -0.39 is 11.9 Å². The van der Waals surface area contributed by atoms with Crippen LogP contribution in [0.5, 0.6) is 0 Å². The van der Waals surface area contributed by atoms with Crippen molar-refractivity contribution >= 4 is 0 Å². The second-order valence-corrected chi connectivity index (χ2v) is 4.73. The average molecular weight is 298 g/mol. The summed E-state index contributed by atoms with van der Waals surface area (Å²) in [5, 5.41) is 6.76. The van der Waals surface area contributed by atoms with E-state index in [9.17, 15) is 13.2 Å². The van der Waals surface area contributed by atoms with E-state index in [1.165, 1.54) is 10.9 Å². The molecule has 0 aliphatic heterocycles. The summed E-state index contributed by atoms with van der Waals surface area (Å²) in [6, 6.07) is 4.68. The Labute approximate surface area is 121 Å². The molecule has 2 aromatic heterocycles. The number of hydrogen-bond donors (Lipinski definition) is 1. The van der Waals surface area contributed by atoms with Crippen LogP contribution in [0.2, 0.25) is 0 Å². The first kappa shape index (κ1) is 15.5. The van der Waals surface area contributed by atoms with E-state index in [0.29, 0.717) is 5.69 Å². The van der Waals surface area contributed by atoms with Crippen LogP contribution >= 0.6 is 0 Å². The van der Waals surface area contributed by atoms with Crippen molar-refractivity contribution in [3.05, 3.63) is 47.5 Å². The summed E-state index contributed by atoms with van der Waals surface area (Å²) in [5.74, 6) is 0. The topological polar surface area (TPSA) is 42.7 Å². The molecule has 1 N–H and O–H groups in total. The van der Waals surface area contributed by atoms with Gasteiger partial charge in [-0.25, -0.2) is 0 Å². The summed E-state index contributed by atoms with van der Waals surface area (Å²) in [6.45, 7) is 3.99. The van der Waals surface area contributed by atoms with Crippen molar-refractivity contribution < 1.29 is 13.2 Å². The molecule has 2 aromatic rings. The van der Waals surface area contributed by atoms with Crippen LogP contribution in [0.4, 0.5) is 13.2 Å². The van der Waals surface area contributed by atoms with E-state index in [4.69, 9.17) is 0 Å². The minimum Gasteiger partial charge on any atom is -0.313 e. The lowest BCUT2D eigenvalue weighted by atomic mass is 10.2. The molecule has 0 aromatic carbocycles. The fraction of sp³-hybridized carbons (Fsp3) is 0.429. The number of nitrogens with zero attached hydrogens (tertiary/aromatic N) is 3. The van der Waals surface area contributed by atoms with Crippen molar-refractivity contribution in [3.63, 3.8) is 0 Å². The summed E-state index contributed by atoms with van der Waals surface area (Å²) < 4.78 is 38.6. The molecule has 0 bridgehead atoms. The summed E-state index contributed by atoms with van der Waals surface area (Å²) in [5.41, 5.74) is 0.831. The van der Waals surface area contributed by atoms with Crippen molar-refractivity contribution in [1.29, 1.82) is 0 Å². The Balaban J connectivity index is 1.95. The van der Waals surface area contributed by atoms with Crippen LogP contribution in [-0.2, 0) is 19.3 Å². The lowest BCUT2D eigenvalue weighted by Gasteiger charge is -2.05. The van der Waals surface area contributed by atoms with Gasteiger partial charge in [-0.05, 0) is 30.7 Å². The summed E-state index contributed by atoms with van der Waals surface area (Å²) in [4.78, 5) is 4.24. The van der Waals surface area contributed by atoms with Gasteiger partial charge in [0, 0.05) is 18.9 Å².